The van der Waals surface area contributed by atoms with Gasteiger partial charge in [-0.15, -0.1) is 0 Å². The van der Waals surface area contributed by atoms with E-state index >= 15 is 0 Å². The van der Waals surface area contributed by atoms with Crippen molar-refractivity contribution >= 4 is 32.3 Å². The second kappa shape index (κ2) is 5.74. The van der Waals surface area contributed by atoms with Crippen LogP contribution in [0, 0.1) is 0 Å². The molecule has 0 saturated carbocycles. The number of methoxy groups -OCH3 is 1. The predicted octanol–water partition coefficient (Wildman–Crippen LogP) is 3.73. The minimum atomic E-state index is -0.217. The summed E-state index contributed by atoms with van der Waals surface area (Å²) in [5, 5.41) is 3.31. The van der Waals surface area contributed by atoms with Gasteiger partial charge in [-0.25, -0.2) is 0 Å². The predicted molar refractivity (Wildman–Crippen MR) is 73.4 cm³/mol. The molecule has 0 aromatic heterocycles. The van der Waals surface area contributed by atoms with Crippen LogP contribution in [-0.4, -0.2) is 18.5 Å². The Labute approximate surface area is 115 Å². The molecule has 1 rings (SSSR count). The fourth-order valence-corrected chi connectivity index (χ4v) is 1.88. The van der Waals surface area contributed by atoms with Crippen LogP contribution in [0.25, 0.3) is 0 Å². The highest BCUT2D eigenvalue weighted by Crippen LogP contribution is 2.30. The van der Waals surface area contributed by atoms with Crippen molar-refractivity contribution < 1.29 is 9.53 Å². The SMILES string of the molecule is COc1ccc(C(C)(C)CNC(=O)Br)cc1Cl. The molecule has 0 saturated heterocycles. The van der Waals surface area contributed by atoms with Crippen molar-refractivity contribution in [2.24, 2.45) is 0 Å². The van der Waals surface area contributed by atoms with Crippen molar-refractivity contribution in [2.75, 3.05) is 13.7 Å². The third-order valence-corrected chi connectivity index (χ3v) is 3.18. The Bertz CT molecular complexity index is 421. The Balaban J connectivity index is 2.90. The zero-order valence-corrected chi connectivity index (χ0v) is 12.4. The first-order valence-electron chi connectivity index (χ1n) is 5.14. The Morgan fingerprint density at radius 1 is 1.53 bits per heavy atom. The van der Waals surface area contributed by atoms with Gasteiger partial charge in [0.2, 0.25) is 0 Å². The van der Waals surface area contributed by atoms with Gasteiger partial charge < -0.3 is 10.1 Å². The largest absolute Gasteiger partial charge is 0.495 e. The third-order valence-electron chi connectivity index (χ3n) is 2.60. The van der Waals surface area contributed by atoms with Gasteiger partial charge in [-0.05, 0) is 17.7 Å². The van der Waals surface area contributed by atoms with E-state index in [1.165, 1.54) is 0 Å². The average Bonchev–Trinajstić information content (AvgIpc) is 2.26. The maximum absolute atomic E-state index is 10.8. The number of rotatable bonds is 4. The number of benzene rings is 1. The molecule has 1 aromatic carbocycles. The Morgan fingerprint density at radius 2 is 2.18 bits per heavy atom. The Morgan fingerprint density at radius 3 is 2.65 bits per heavy atom. The summed E-state index contributed by atoms with van der Waals surface area (Å²) in [6, 6.07) is 5.64. The second-order valence-electron chi connectivity index (χ2n) is 4.36. The van der Waals surface area contributed by atoms with E-state index in [2.05, 4.69) is 21.2 Å². The lowest BCUT2D eigenvalue weighted by atomic mass is 9.84. The lowest BCUT2D eigenvalue weighted by molar-refractivity contribution is 0.259. The molecular weight excluding hydrogens is 305 g/mol. The van der Waals surface area contributed by atoms with Crippen molar-refractivity contribution in [3.05, 3.63) is 28.8 Å². The van der Waals surface area contributed by atoms with Gasteiger partial charge in [-0.2, -0.15) is 0 Å². The van der Waals surface area contributed by atoms with E-state index in [1.807, 2.05) is 32.0 Å². The number of hydrogen-bond donors (Lipinski definition) is 1. The zero-order valence-electron chi connectivity index (χ0n) is 10.0. The van der Waals surface area contributed by atoms with E-state index in [0.29, 0.717) is 17.3 Å². The van der Waals surface area contributed by atoms with Crippen LogP contribution >= 0.6 is 27.5 Å². The minimum absolute atomic E-state index is 0.195. The number of hydrogen-bond acceptors (Lipinski definition) is 2. The average molecular weight is 321 g/mol. The summed E-state index contributed by atoms with van der Waals surface area (Å²) in [5.74, 6) is 0.649. The highest BCUT2D eigenvalue weighted by molar-refractivity contribution is 9.18. The summed E-state index contributed by atoms with van der Waals surface area (Å²) in [6.45, 7) is 4.60. The minimum Gasteiger partial charge on any atom is -0.495 e. The summed E-state index contributed by atoms with van der Waals surface area (Å²) in [4.78, 5) is 10.6. The molecular formula is C12H15BrClNO2. The number of ether oxygens (including phenoxy) is 1. The summed E-state index contributed by atoms with van der Waals surface area (Å²) in [6.07, 6.45) is 0. The van der Waals surface area contributed by atoms with Gasteiger partial charge in [0, 0.05) is 27.9 Å². The highest BCUT2D eigenvalue weighted by atomic mass is 79.9. The summed E-state index contributed by atoms with van der Waals surface area (Å²) < 4.78 is 5.10. The molecule has 0 aliphatic heterocycles. The fourth-order valence-electron chi connectivity index (χ4n) is 1.48. The number of halogens is 2. The summed E-state index contributed by atoms with van der Waals surface area (Å²) in [5.41, 5.74) is 0.851. The van der Waals surface area contributed by atoms with Crippen LogP contribution in [0.5, 0.6) is 5.75 Å². The van der Waals surface area contributed by atoms with Crippen molar-refractivity contribution in [3.8, 4) is 5.75 Å². The third kappa shape index (κ3) is 3.89. The smallest absolute Gasteiger partial charge is 0.287 e. The lowest BCUT2D eigenvalue weighted by Crippen LogP contribution is -2.34. The lowest BCUT2D eigenvalue weighted by Gasteiger charge is -2.25. The molecule has 1 aromatic rings. The van der Waals surface area contributed by atoms with Crippen molar-refractivity contribution in [1.82, 2.24) is 5.32 Å². The van der Waals surface area contributed by atoms with Crippen LogP contribution in [0.4, 0.5) is 4.79 Å². The van der Waals surface area contributed by atoms with E-state index < -0.39 is 0 Å². The molecule has 0 atom stereocenters. The zero-order chi connectivity index (χ0) is 13.1. The molecule has 0 aliphatic carbocycles. The van der Waals surface area contributed by atoms with Gasteiger partial charge in [0.15, 0.2) is 0 Å². The quantitative estimate of drug-likeness (QED) is 0.678. The first-order chi connectivity index (χ1) is 7.86. The second-order valence-corrected chi connectivity index (χ2v) is 5.49. The Hall–Kier alpha value is -0.740. The topological polar surface area (TPSA) is 38.3 Å². The highest BCUT2D eigenvalue weighted by Gasteiger charge is 2.22. The summed E-state index contributed by atoms with van der Waals surface area (Å²) >= 11 is 8.92. The van der Waals surface area contributed by atoms with E-state index in [0.717, 1.165) is 5.56 Å². The van der Waals surface area contributed by atoms with Crippen molar-refractivity contribution in [1.29, 1.82) is 0 Å². The van der Waals surface area contributed by atoms with E-state index in [1.54, 1.807) is 7.11 Å². The first kappa shape index (κ1) is 14.3. The number of nitrogens with one attached hydrogen (secondary N) is 1. The van der Waals surface area contributed by atoms with Gasteiger partial charge in [-0.3, -0.25) is 4.79 Å². The van der Waals surface area contributed by atoms with Gasteiger partial charge in [0.25, 0.3) is 4.82 Å². The summed E-state index contributed by atoms with van der Waals surface area (Å²) in [7, 11) is 1.58. The van der Waals surface area contributed by atoms with Gasteiger partial charge in [0.1, 0.15) is 5.75 Å². The number of carbonyl (C=O) groups is 1. The van der Waals surface area contributed by atoms with Crippen LogP contribution in [0.15, 0.2) is 18.2 Å². The molecule has 0 bridgehead atoms. The maximum atomic E-state index is 10.8. The molecule has 0 heterocycles. The molecule has 94 valence electrons. The number of amides is 1. The molecule has 3 nitrogen and oxygen atoms in total. The van der Waals surface area contributed by atoms with Crippen molar-refractivity contribution in [3.63, 3.8) is 0 Å². The molecule has 1 N–H and O–H groups in total. The van der Waals surface area contributed by atoms with Gasteiger partial charge in [0.05, 0.1) is 12.1 Å². The van der Waals surface area contributed by atoms with Crippen LogP contribution in [0.3, 0.4) is 0 Å². The molecule has 5 heteroatoms. The van der Waals surface area contributed by atoms with Gasteiger partial charge >= 0.3 is 0 Å². The van der Waals surface area contributed by atoms with Crippen LogP contribution in [0.2, 0.25) is 5.02 Å². The molecule has 0 unspecified atom stereocenters. The molecule has 0 radical (unpaired) electrons. The molecule has 1 amide bonds. The maximum Gasteiger partial charge on any atom is 0.287 e. The van der Waals surface area contributed by atoms with E-state index in [4.69, 9.17) is 16.3 Å². The van der Waals surface area contributed by atoms with E-state index in [-0.39, 0.29) is 10.2 Å². The molecule has 17 heavy (non-hydrogen) atoms. The molecule has 0 aliphatic rings. The van der Waals surface area contributed by atoms with E-state index in [9.17, 15) is 4.79 Å². The van der Waals surface area contributed by atoms with Crippen LogP contribution in [-0.2, 0) is 5.41 Å². The Kier molecular flexibility index (Phi) is 4.83. The van der Waals surface area contributed by atoms with Crippen LogP contribution in [0.1, 0.15) is 19.4 Å². The number of carbonyl (C=O) groups excluding carboxylic acids is 1. The normalized spacial score (nSPS) is 11.1. The fraction of sp³-hybridized carbons (Fsp3) is 0.417. The molecule has 0 fully saturated rings. The first-order valence-corrected chi connectivity index (χ1v) is 6.31. The van der Waals surface area contributed by atoms with Gasteiger partial charge in [-0.1, -0.05) is 31.5 Å². The van der Waals surface area contributed by atoms with Crippen LogP contribution < -0.4 is 10.1 Å². The standard InChI is InChI=1S/C12H15BrClNO2/c1-12(2,7-15-11(13)16)8-4-5-10(17-3)9(14)6-8/h4-6H,7H2,1-3H3,(H,15,16). The monoisotopic (exact) mass is 319 g/mol. The molecule has 0 spiro atoms. The van der Waals surface area contributed by atoms with Crippen molar-refractivity contribution in [2.45, 2.75) is 19.3 Å².